The van der Waals surface area contributed by atoms with Crippen molar-refractivity contribution >= 4 is 39.6 Å². The molecule has 0 radical (unpaired) electrons. The zero-order valence-electron chi connectivity index (χ0n) is 19.3. The van der Waals surface area contributed by atoms with Crippen LogP contribution in [0.1, 0.15) is 0 Å². The average Bonchev–Trinajstić information content (AvgIpc) is 3.13. The van der Waals surface area contributed by atoms with Crippen molar-refractivity contribution in [3.05, 3.63) is 118 Å². The first-order valence-corrected chi connectivity index (χ1v) is 4.02. The van der Waals surface area contributed by atoms with Gasteiger partial charge < -0.3 is 213 Å². The van der Waals surface area contributed by atoms with Gasteiger partial charge in [0.05, 0.1) is 0 Å². The molecule has 0 heterocycles. The van der Waals surface area contributed by atoms with Crippen molar-refractivity contribution in [2.24, 2.45) is 0 Å². The first-order valence-electron chi connectivity index (χ1n) is 4.02. The SMILES string of the molecule is [C-]#N.[C-]#N.[C-]#N.[C-]#N.[C-]#N.[C-]#N.[C-]#N.[C-]#N.[C-]#N.[C-]#N.[C-]#N.[C-]#N.[C-]#N.[C-]#N.[C-]#N.[C-]#N.[C-]#N.[C-]#N.[Fe+4].[Fe+4].[Fe+4].[Ga+3].[Ga+3]. The fourth-order valence-electron chi connectivity index (χ4n) is 0. The van der Waals surface area contributed by atoms with E-state index in [1.165, 1.54) is 0 Å². The van der Waals surface area contributed by atoms with Gasteiger partial charge in [0, 0.05) is 0 Å². The summed E-state index contributed by atoms with van der Waals surface area (Å²) >= 11 is 0. The van der Waals surface area contributed by atoms with Gasteiger partial charge in [0.25, 0.3) is 0 Å². The second-order valence-electron chi connectivity index (χ2n) is 0. The molecule has 0 saturated heterocycles. The third-order valence-corrected chi connectivity index (χ3v) is 0. The normalized spacial score (nSPS) is 0.878. The maximum absolute atomic E-state index is 6.25. The summed E-state index contributed by atoms with van der Waals surface area (Å²) in [5, 5.41) is 112. The molecule has 0 aromatic carbocycles. The fraction of sp³-hybridized carbons (Fsp3) is 0. The van der Waals surface area contributed by atoms with Crippen LogP contribution in [0.15, 0.2) is 0 Å². The van der Waals surface area contributed by atoms with Gasteiger partial charge in [0.15, 0.2) is 0 Å². The third-order valence-electron chi connectivity index (χ3n) is 0. The van der Waals surface area contributed by atoms with E-state index in [2.05, 4.69) is 0 Å². The van der Waals surface area contributed by atoms with E-state index >= 15 is 0 Å². The van der Waals surface area contributed by atoms with Crippen molar-refractivity contribution in [2.45, 2.75) is 0 Å². The minimum Gasteiger partial charge on any atom is -0.512 e. The molecule has 192 valence electrons. The summed E-state index contributed by atoms with van der Waals surface area (Å²) in [6.45, 7) is 85.5. The largest absolute Gasteiger partial charge is 4.00 e. The standard InChI is InChI=1S/18CN.3Fe.2Ga/c18*1-2;;;;;/q18*-1;3*+4;2*+3. The molecule has 0 unspecified atom stereocenters. The van der Waals surface area contributed by atoms with Crippen LogP contribution < -0.4 is 0 Å². The van der Waals surface area contributed by atoms with Crippen molar-refractivity contribution in [3.8, 4) is 0 Å². The van der Waals surface area contributed by atoms with Crippen molar-refractivity contribution in [3.63, 3.8) is 0 Å². The number of hydrogen-bond acceptors (Lipinski definition) is 18. The van der Waals surface area contributed by atoms with Gasteiger partial charge in [-0.05, 0) is 0 Å². The van der Waals surface area contributed by atoms with Gasteiger partial charge in [-0.2, -0.15) is 0 Å². The number of rotatable bonds is 0. The molecule has 0 atom stereocenters. The van der Waals surface area contributed by atoms with Gasteiger partial charge in [0.2, 0.25) is 0 Å². The van der Waals surface area contributed by atoms with Crippen LogP contribution in [0.5, 0.6) is 0 Å². The monoisotopic (exact) mass is 774 g/mol. The van der Waals surface area contributed by atoms with E-state index in [9.17, 15) is 0 Å². The average molecular weight is 775 g/mol. The predicted octanol–water partition coefficient (Wildman–Crippen LogP) is 0.966. The molecule has 0 fully saturated rings. The van der Waals surface area contributed by atoms with Crippen LogP contribution in [0.3, 0.4) is 0 Å². The van der Waals surface area contributed by atoms with Gasteiger partial charge in [0.1, 0.15) is 0 Å². The Bertz CT molecular complexity index is 374. The summed E-state index contributed by atoms with van der Waals surface area (Å²) in [5.74, 6) is 0. The zero-order chi connectivity index (χ0) is 36.0. The van der Waals surface area contributed by atoms with E-state index in [1.54, 1.807) is 0 Å². The molecule has 0 amide bonds. The topological polar surface area (TPSA) is 428 Å². The fourth-order valence-corrected chi connectivity index (χ4v) is 0. The molecular weight excluding hydrogens is 775 g/mol. The number of nitrogens with zero attached hydrogens (tertiary/aromatic N) is 18. The molecule has 41 heavy (non-hydrogen) atoms. The molecule has 0 saturated carbocycles. The molecule has 0 bridgehead atoms. The van der Waals surface area contributed by atoms with Gasteiger partial charge in [-0.25, -0.2) is 0 Å². The van der Waals surface area contributed by atoms with E-state index in [4.69, 9.17) is 213 Å². The molecule has 0 aromatic heterocycles. The smallest absolute Gasteiger partial charge is 0.512 e. The Labute approximate surface area is 301 Å². The maximum Gasteiger partial charge on any atom is 4.00 e. The van der Waals surface area contributed by atoms with E-state index in [1.807, 2.05) is 0 Å². The summed E-state index contributed by atoms with van der Waals surface area (Å²) < 4.78 is 0. The second-order valence-corrected chi connectivity index (χ2v) is 0. The van der Waals surface area contributed by atoms with Crippen LogP contribution in [0.25, 0.3) is 0 Å². The van der Waals surface area contributed by atoms with Crippen molar-refractivity contribution in [2.75, 3.05) is 0 Å². The molecule has 0 aliphatic rings. The molecule has 0 N–H and O–H groups in total. The molecule has 0 aliphatic carbocycles. The molecule has 0 aliphatic heterocycles. The van der Waals surface area contributed by atoms with Gasteiger partial charge in [-0.1, -0.05) is 0 Å². The summed E-state index contributed by atoms with van der Waals surface area (Å²) in [6.07, 6.45) is 0. The predicted molar refractivity (Wildman–Crippen MR) is 101 cm³/mol. The van der Waals surface area contributed by atoms with Crippen LogP contribution in [0.2, 0.25) is 0 Å². The van der Waals surface area contributed by atoms with Crippen molar-refractivity contribution in [1.82, 2.24) is 0 Å². The molecule has 0 rings (SSSR count). The Morgan fingerprint density at radius 3 is 0.122 bits per heavy atom. The van der Waals surface area contributed by atoms with Gasteiger partial charge in [-0.15, -0.1) is 0 Å². The van der Waals surface area contributed by atoms with E-state index in [0.29, 0.717) is 0 Å². The zero-order valence-corrected chi connectivity index (χ0v) is 27.4. The summed E-state index contributed by atoms with van der Waals surface area (Å²) in [6, 6.07) is 0. The number of hydrogen-bond donors (Lipinski definition) is 0. The van der Waals surface area contributed by atoms with Crippen LogP contribution in [-0.4, -0.2) is 39.6 Å². The van der Waals surface area contributed by atoms with E-state index in [-0.39, 0.29) is 90.8 Å². The van der Waals surface area contributed by atoms with Gasteiger partial charge in [-0.3, -0.25) is 0 Å². The Morgan fingerprint density at radius 2 is 0.122 bits per heavy atom. The van der Waals surface area contributed by atoms with Crippen LogP contribution >= 0.6 is 0 Å². The molecule has 23 heteroatoms. The second kappa shape index (κ2) is 890. The molecule has 0 spiro atoms. The van der Waals surface area contributed by atoms with Crippen molar-refractivity contribution < 1.29 is 51.2 Å². The van der Waals surface area contributed by atoms with Crippen LogP contribution in [-0.2, 0) is 51.2 Å². The van der Waals surface area contributed by atoms with E-state index in [0.717, 1.165) is 0 Å². The summed E-state index contributed by atoms with van der Waals surface area (Å²) in [4.78, 5) is 0. The van der Waals surface area contributed by atoms with Crippen molar-refractivity contribution in [1.29, 1.82) is 94.7 Å². The van der Waals surface area contributed by atoms with Gasteiger partial charge >= 0.3 is 90.8 Å². The minimum atomic E-state index is 0. The van der Waals surface area contributed by atoms with Crippen LogP contribution in [0.4, 0.5) is 0 Å². The Hall–Kier alpha value is -6.35. The first kappa shape index (κ1) is 289. The van der Waals surface area contributed by atoms with Crippen LogP contribution in [0, 0.1) is 213 Å². The molecular formula is C18Fe3Ga2N18. The Kier molecular flexibility index (Phi) is 6270. The summed E-state index contributed by atoms with van der Waals surface area (Å²) in [5.41, 5.74) is 0. The Balaban J connectivity index is -0.00000000396. The Morgan fingerprint density at radius 1 is 0.122 bits per heavy atom. The quantitative estimate of drug-likeness (QED) is 0.244. The maximum atomic E-state index is 6.25. The molecule has 0 aromatic rings. The molecule has 18 nitrogen and oxygen atoms in total. The first-order chi connectivity index (χ1) is 18.0. The minimum absolute atomic E-state index is 0. The third kappa shape index (κ3) is 836. The van der Waals surface area contributed by atoms with E-state index < -0.39 is 0 Å². The summed E-state index contributed by atoms with van der Waals surface area (Å²) in [7, 11) is 0.